The molecular weight excluding hydrogens is 279 g/mol. The molecule has 1 rings (SSSR count). The summed E-state index contributed by atoms with van der Waals surface area (Å²) >= 11 is 0. The van der Waals surface area contributed by atoms with Crippen LogP contribution >= 0.6 is 0 Å². The Bertz CT molecular complexity index is 408. The van der Waals surface area contributed by atoms with E-state index in [1.54, 1.807) is 0 Å². The quantitative estimate of drug-likeness (QED) is 0.681. The maximum Gasteiger partial charge on any atom is 0.435 e. The fourth-order valence-electron chi connectivity index (χ4n) is 1.19. The zero-order chi connectivity index (χ0) is 14.4. The highest BCUT2D eigenvalue weighted by molar-refractivity contribution is 5.27. The largest absolute Gasteiger partial charge is 0.435 e. The lowest BCUT2D eigenvalue weighted by Gasteiger charge is -2.30. The van der Waals surface area contributed by atoms with Crippen molar-refractivity contribution in [3.05, 3.63) is 35.4 Å². The van der Waals surface area contributed by atoms with Crippen LogP contribution in [0.4, 0.5) is 39.5 Å². The Morgan fingerprint density at radius 3 is 1.33 bits per heavy atom. The van der Waals surface area contributed by atoms with Crippen LogP contribution in [0.2, 0.25) is 0 Å². The van der Waals surface area contributed by atoms with Crippen LogP contribution in [-0.2, 0) is 5.67 Å². The minimum Gasteiger partial charge on any atom is -0.218 e. The number of hydrogen-bond acceptors (Lipinski definition) is 0. The monoisotopic (exact) mass is 281 g/mol. The third-order valence-electron chi connectivity index (χ3n) is 1.98. The minimum atomic E-state index is -6.41. The molecule has 18 heavy (non-hydrogen) atoms. The van der Waals surface area contributed by atoms with E-state index in [1.165, 1.54) is 0 Å². The molecule has 1 radical (unpaired) electrons. The van der Waals surface area contributed by atoms with Crippen LogP contribution < -0.4 is 0 Å². The van der Waals surface area contributed by atoms with E-state index in [4.69, 9.17) is 0 Å². The number of alkyl halides is 7. The van der Waals surface area contributed by atoms with Crippen molar-refractivity contribution >= 4 is 0 Å². The molecule has 0 spiro atoms. The molecule has 1 aromatic carbocycles. The molecule has 0 aliphatic rings. The van der Waals surface area contributed by atoms with Gasteiger partial charge in [-0.15, -0.1) is 0 Å². The summed E-state index contributed by atoms with van der Waals surface area (Å²) in [5.74, 6) is -3.75. The van der Waals surface area contributed by atoms with Crippen molar-refractivity contribution in [3.8, 4) is 0 Å². The van der Waals surface area contributed by atoms with Crippen molar-refractivity contribution in [2.24, 2.45) is 0 Å². The Morgan fingerprint density at radius 1 is 0.722 bits per heavy atom. The molecular formula is C9H2F9. The molecule has 0 aromatic heterocycles. The molecule has 0 heterocycles. The number of halogens is 9. The third-order valence-corrected chi connectivity index (χ3v) is 1.98. The topological polar surface area (TPSA) is 0 Å². The fourth-order valence-corrected chi connectivity index (χ4v) is 1.19. The summed E-state index contributed by atoms with van der Waals surface area (Å²) in [6, 6.07) is 0.326. The first-order valence-corrected chi connectivity index (χ1v) is 4.11. The molecule has 0 saturated carbocycles. The van der Waals surface area contributed by atoms with E-state index in [9.17, 15) is 39.5 Å². The summed E-state index contributed by atoms with van der Waals surface area (Å²) in [6.07, 6.45) is -12.8. The molecule has 0 fully saturated rings. The van der Waals surface area contributed by atoms with Gasteiger partial charge in [0.15, 0.2) is 0 Å². The second-order valence-electron chi connectivity index (χ2n) is 3.22. The van der Waals surface area contributed by atoms with Crippen LogP contribution in [-0.4, -0.2) is 12.4 Å². The van der Waals surface area contributed by atoms with Gasteiger partial charge in [0, 0.05) is 5.56 Å². The van der Waals surface area contributed by atoms with Crippen LogP contribution in [0.15, 0.2) is 12.1 Å². The molecule has 101 valence electrons. The Morgan fingerprint density at radius 2 is 1.06 bits per heavy atom. The van der Waals surface area contributed by atoms with E-state index >= 15 is 0 Å². The Hall–Kier alpha value is -1.41. The molecule has 9 heteroatoms. The number of benzene rings is 1. The predicted octanol–water partition coefficient (Wildman–Crippen LogP) is 4.05. The van der Waals surface area contributed by atoms with Crippen LogP contribution in [0.25, 0.3) is 0 Å². The van der Waals surface area contributed by atoms with E-state index in [-0.39, 0.29) is 0 Å². The minimum absolute atomic E-state index is 0.413. The van der Waals surface area contributed by atoms with Crippen LogP contribution in [0.5, 0.6) is 0 Å². The van der Waals surface area contributed by atoms with Gasteiger partial charge in [0.05, 0.1) is 6.07 Å². The molecule has 0 aliphatic carbocycles. The molecule has 0 unspecified atom stereocenters. The second-order valence-corrected chi connectivity index (χ2v) is 3.22. The lowest BCUT2D eigenvalue weighted by Crippen LogP contribution is -2.50. The first-order valence-electron chi connectivity index (χ1n) is 4.11. The highest BCUT2D eigenvalue weighted by Gasteiger charge is 2.73. The van der Waals surface area contributed by atoms with Gasteiger partial charge in [-0.1, -0.05) is 0 Å². The zero-order valence-corrected chi connectivity index (χ0v) is 8.06. The fraction of sp³-hybridized carbons (Fsp3) is 0.333. The molecule has 0 aliphatic heterocycles. The molecule has 0 amide bonds. The summed E-state index contributed by atoms with van der Waals surface area (Å²) in [7, 11) is 0. The predicted molar refractivity (Wildman–Crippen MR) is 40.1 cm³/mol. The maximum atomic E-state index is 13.3. The van der Waals surface area contributed by atoms with Crippen molar-refractivity contribution in [2.75, 3.05) is 0 Å². The number of rotatable bonds is 1. The molecule has 1 aromatic rings. The first-order chi connectivity index (χ1) is 7.89. The summed E-state index contributed by atoms with van der Waals surface area (Å²) in [5, 5.41) is 0. The van der Waals surface area contributed by atoms with E-state index in [1.807, 2.05) is 0 Å². The molecule has 0 N–H and O–H groups in total. The Balaban J connectivity index is 3.55. The van der Waals surface area contributed by atoms with Gasteiger partial charge in [0.2, 0.25) is 0 Å². The Kier molecular flexibility index (Phi) is 3.30. The standard InChI is InChI=1S/C9H2F9/c10-5-1-4(2-6(11)3-5)7(12,8(13,14)15)9(16,17)18/h1-2H. The van der Waals surface area contributed by atoms with Crippen molar-refractivity contribution < 1.29 is 39.5 Å². The molecule has 0 atom stereocenters. The van der Waals surface area contributed by atoms with E-state index in [2.05, 4.69) is 0 Å². The highest BCUT2D eigenvalue weighted by Crippen LogP contribution is 2.53. The van der Waals surface area contributed by atoms with Gasteiger partial charge < -0.3 is 0 Å². The van der Waals surface area contributed by atoms with Crippen molar-refractivity contribution in [1.29, 1.82) is 0 Å². The van der Waals surface area contributed by atoms with Crippen molar-refractivity contribution in [3.63, 3.8) is 0 Å². The van der Waals surface area contributed by atoms with Gasteiger partial charge >= 0.3 is 18.0 Å². The Labute approximate surface area is 94.0 Å². The van der Waals surface area contributed by atoms with E-state index < -0.39 is 47.4 Å². The van der Waals surface area contributed by atoms with Crippen LogP contribution in [0.1, 0.15) is 5.56 Å². The normalized spacial score (nSPS) is 13.8. The lowest BCUT2D eigenvalue weighted by molar-refractivity contribution is -0.348. The summed E-state index contributed by atoms with van der Waals surface area (Å²) in [4.78, 5) is 0. The number of hydrogen-bond donors (Lipinski definition) is 0. The summed E-state index contributed by atoms with van der Waals surface area (Å²) in [5.41, 5.74) is -8.08. The van der Waals surface area contributed by atoms with Crippen molar-refractivity contribution in [2.45, 2.75) is 18.0 Å². The SMILES string of the molecule is Fc1[c]c(F)cc(C(F)(C(F)(F)F)C(F)(F)F)c1. The highest BCUT2D eigenvalue weighted by atomic mass is 19.4. The maximum absolute atomic E-state index is 13.3. The molecule has 0 saturated heterocycles. The van der Waals surface area contributed by atoms with Gasteiger partial charge in [-0.25, -0.2) is 13.2 Å². The van der Waals surface area contributed by atoms with Gasteiger partial charge in [0.1, 0.15) is 11.6 Å². The first kappa shape index (κ1) is 14.7. The van der Waals surface area contributed by atoms with Gasteiger partial charge in [-0.05, 0) is 12.1 Å². The summed E-state index contributed by atoms with van der Waals surface area (Å²) < 4.78 is 112. The smallest absolute Gasteiger partial charge is 0.218 e. The van der Waals surface area contributed by atoms with E-state index in [0.29, 0.717) is 0 Å². The van der Waals surface area contributed by atoms with Gasteiger partial charge in [-0.3, -0.25) is 0 Å². The molecule has 0 bridgehead atoms. The summed E-state index contributed by atoms with van der Waals surface area (Å²) in [6.45, 7) is 0. The third kappa shape index (κ3) is 2.25. The van der Waals surface area contributed by atoms with Gasteiger partial charge in [-0.2, -0.15) is 26.3 Å². The average molecular weight is 281 g/mol. The van der Waals surface area contributed by atoms with Gasteiger partial charge in [0.25, 0.3) is 0 Å². The van der Waals surface area contributed by atoms with Crippen molar-refractivity contribution in [1.82, 2.24) is 0 Å². The van der Waals surface area contributed by atoms with Crippen LogP contribution in [0, 0.1) is 17.7 Å². The van der Waals surface area contributed by atoms with Crippen LogP contribution in [0.3, 0.4) is 0 Å². The second kappa shape index (κ2) is 4.06. The lowest BCUT2D eigenvalue weighted by atomic mass is 9.94. The average Bonchev–Trinajstić information content (AvgIpc) is 2.11. The molecule has 0 nitrogen and oxygen atoms in total. The van der Waals surface area contributed by atoms with E-state index in [0.717, 1.165) is 6.07 Å². The zero-order valence-electron chi connectivity index (χ0n) is 8.06.